The monoisotopic (exact) mass is 262 g/mol. The van der Waals surface area contributed by atoms with Gasteiger partial charge in [-0.3, -0.25) is 4.79 Å². The SMILES string of the molecule is NCCOCCC(N)(CCCCB(O)O)C(=O)O. The van der Waals surface area contributed by atoms with Gasteiger partial charge in [0.25, 0.3) is 0 Å². The van der Waals surface area contributed by atoms with Gasteiger partial charge in [-0.1, -0.05) is 12.8 Å². The number of carboxylic acid groups (broad SMARTS) is 1. The molecule has 1 atom stereocenters. The third-order valence-electron chi connectivity index (χ3n) is 2.72. The van der Waals surface area contributed by atoms with Crippen LogP contribution < -0.4 is 11.5 Å². The van der Waals surface area contributed by atoms with Crippen molar-refractivity contribution in [2.45, 2.75) is 37.5 Å². The molecule has 18 heavy (non-hydrogen) atoms. The van der Waals surface area contributed by atoms with Crippen LogP contribution in [0.25, 0.3) is 0 Å². The van der Waals surface area contributed by atoms with Crippen LogP contribution in [0.15, 0.2) is 0 Å². The van der Waals surface area contributed by atoms with Crippen molar-refractivity contribution < 1.29 is 24.7 Å². The van der Waals surface area contributed by atoms with E-state index in [1.54, 1.807) is 0 Å². The van der Waals surface area contributed by atoms with E-state index in [1.165, 1.54) is 0 Å². The van der Waals surface area contributed by atoms with Crippen molar-refractivity contribution in [1.29, 1.82) is 0 Å². The lowest BCUT2D eigenvalue weighted by molar-refractivity contribution is -0.144. The van der Waals surface area contributed by atoms with Crippen molar-refractivity contribution in [3.05, 3.63) is 0 Å². The van der Waals surface area contributed by atoms with Crippen molar-refractivity contribution in [2.75, 3.05) is 19.8 Å². The summed E-state index contributed by atoms with van der Waals surface area (Å²) in [4.78, 5) is 11.1. The van der Waals surface area contributed by atoms with E-state index in [0.29, 0.717) is 26.0 Å². The van der Waals surface area contributed by atoms with Crippen LogP contribution in [0.5, 0.6) is 0 Å². The van der Waals surface area contributed by atoms with Gasteiger partial charge < -0.3 is 31.4 Å². The molecule has 0 aromatic rings. The van der Waals surface area contributed by atoms with Crippen LogP contribution in [0.3, 0.4) is 0 Å². The maximum atomic E-state index is 11.1. The lowest BCUT2D eigenvalue weighted by Crippen LogP contribution is -2.48. The predicted molar refractivity (Wildman–Crippen MR) is 67.9 cm³/mol. The van der Waals surface area contributed by atoms with Crippen LogP contribution in [0, 0.1) is 0 Å². The van der Waals surface area contributed by atoms with Gasteiger partial charge in [-0.05, 0) is 19.2 Å². The number of carboxylic acids is 1. The van der Waals surface area contributed by atoms with Crippen molar-refractivity contribution in [2.24, 2.45) is 11.5 Å². The summed E-state index contributed by atoms with van der Waals surface area (Å²) in [5.74, 6) is -1.07. The van der Waals surface area contributed by atoms with Crippen LogP contribution in [-0.4, -0.2) is 53.5 Å². The lowest BCUT2D eigenvalue weighted by Gasteiger charge is -2.24. The Bertz CT molecular complexity index is 242. The first-order valence-corrected chi connectivity index (χ1v) is 6.08. The molecule has 0 radical (unpaired) electrons. The van der Waals surface area contributed by atoms with Gasteiger partial charge >= 0.3 is 13.1 Å². The van der Waals surface area contributed by atoms with Gasteiger partial charge in [-0.15, -0.1) is 0 Å². The van der Waals surface area contributed by atoms with E-state index in [2.05, 4.69) is 0 Å². The zero-order chi connectivity index (χ0) is 14.0. The molecule has 0 aliphatic carbocycles. The molecule has 1 unspecified atom stereocenters. The number of ether oxygens (including phenoxy) is 1. The number of hydrogen-bond donors (Lipinski definition) is 5. The zero-order valence-corrected chi connectivity index (χ0v) is 10.5. The smallest absolute Gasteiger partial charge is 0.451 e. The third kappa shape index (κ3) is 7.62. The van der Waals surface area contributed by atoms with Gasteiger partial charge in [0.1, 0.15) is 5.54 Å². The highest BCUT2D eigenvalue weighted by molar-refractivity contribution is 6.40. The van der Waals surface area contributed by atoms with Gasteiger partial charge in [0, 0.05) is 13.2 Å². The van der Waals surface area contributed by atoms with Gasteiger partial charge in [0.2, 0.25) is 0 Å². The van der Waals surface area contributed by atoms with Crippen molar-refractivity contribution in [1.82, 2.24) is 0 Å². The van der Waals surface area contributed by atoms with E-state index < -0.39 is 18.6 Å². The van der Waals surface area contributed by atoms with Crippen LogP contribution in [0.4, 0.5) is 0 Å². The van der Waals surface area contributed by atoms with Gasteiger partial charge in [0.05, 0.1) is 6.61 Å². The first kappa shape index (κ1) is 17.3. The molecule has 0 amide bonds. The first-order valence-electron chi connectivity index (χ1n) is 6.08. The minimum absolute atomic E-state index is 0.212. The largest absolute Gasteiger partial charge is 0.480 e. The maximum Gasteiger partial charge on any atom is 0.451 e. The maximum absolute atomic E-state index is 11.1. The Morgan fingerprint density at radius 3 is 2.39 bits per heavy atom. The highest BCUT2D eigenvalue weighted by Crippen LogP contribution is 2.17. The minimum atomic E-state index is -1.35. The highest BCUT2D eigenvalue weighted by atomic mass is 16.5. The van der Waals surface area contributed by atoms with E-state index in [1.807, 2.05) is 0 Å². The Morgan fingerprint density at radius 2 is 1.89 bits per heavy atom. The Balaban J connectivity index is 3.98. The molecule has 106 valence electrons. The van der Waals surface area contributed by atoms with Crippen LogP contribution in [0.2, 0.25) is 6.32 Å². The average Bonchev–Trinajstić information content (AvgIpc) is 2.30. The van der Waals surface area contributed by atoms with E-state index in [4.69, 9.17) is 31.4 Å². The molecule has 8 heteroatoms. The normalized spacial score (nSPS) is 14.2. The molecule has 0 bridgehead atoms. The fraction of sp³-hybridized carbons (Fsp3) is 0.900. The second kappa shape index (κ2) is 9.29. The number of carbonyl (C=O) groups is 1. The topological polar surface area (TPSA) is 139 Å². The molecule has 0 aromatic carbocycles. The number of aliphatic carboxylic acids is 1. The second-order valence-electron chi connectivity index (χ2n) is 4.34. The minimum Gasteiger partial charge on any atom is -0.480 e. The third-order valence-corrected chi connectivity index (χ3v) is 2.72. The molecular weight excluding hydrogens is 239 g/mol. The number of nitrogens with two attached hydrogens (primary N) is 2. The van der Waals surface area contributed by atoms with E-state index in [9.17, 15) is 4.79 Å². The molecule has 0 aromatic heterocycles. The van der Waals surface area contributed by atoms with Crippen molar-refractivity contribution >= 4 is 13.1 Å². The Labute approximate surface area is 107 Å². The molecular formula is C10H23BN2O5. The number of rotatable bonds is 11. The zero-order valence-electron chi connectivity index (χ0n) is 10.5. The Hall–Kier alpha value is -0.665. The standard InChI is InChI=1S/C10H23BN2O5/c12-6-8-18-7-4-10(13,9(14)15)3-1-2-5-11(16)17/h16-17H,1-8,12-13H2,(H,14,15). The molecule has 0 aliphatic rings. The summed E-state index contributed by atoms with van der Waals surface area (Å²) in [6.07, 6.45) is 1.76. The molecule has 0 heterocycles. The van der Waals surface area contributed by atoms with E-state index in [-0.39, 0.29) is 25.8 Å². The summed E-state index contributed by atoms with van der Waals surface area (Å²) >= 11 is 0. The molecule has 0 rings (SSSR count). The molecule has 0 saturated carbocycles. The fourth-order valence-corrected chi connectivity index (χ4v) is 1.55. The molecule has 7 N–H and O–H groups in total. The fourth-order valence-electron chi connectivity index (χ4n) is 1.55. The van der Waals surface area contributed by atoms with Crippen LogP contribution in [-0.2, 0) is 9.53 Å². The molecule has 0 spiro atoms. The van der Waals surface area contributed by atoms with Crippen LogP contribution in [0.1, 0.15) is 25.7 Å². The molecule has 7 nitrogen and oxygen atoms in total. The summed E-state index contributed by atoms with van der Waals surface area (Å²) in [7, 11) is -1.35. The van der Waals surface area contributed by atoms with Crippen LogP contribution >= 0.6 is 0 Å². The number of unbranched alkanes of at least 4 members (excludes halogenated alkanes) is 1. The summed E-state index contributed by atoms with van der Waals surface area (Å²) < 4.78 is 5.12. The van der Waals surface area contributed by atoms with Crippen molar-refractivity contribution in [3.63, 3.8) is 0 Å². The predicted octanol–water partition coefficient (Wildman–Crippen LogP) is -1.22. The summed E-state index contributed by atoms with van der Waals surface area (Å²) in [5.41, 5.74) is 9.72. The Kier molecular flexibility index (Phi) is 8.95. The molecule has 0 aliphatic heterocycles. The number of hydrogen-bond acceptors (Lipinski definition) is 6. The highest BCUT2D eigenvalue weighted by Gasteiger charge is 2.32. The Morgan fingerprint density at radius 1 is 1.22 bits per heavy atom. The van der Waals surface area contributed by atoms with E-state index >= 15 is 0 Å². The summed E-state index contributed by atoms with van der Waals surface area (Å²) in [5, 5.41) is 26.4. The molecule has 0 fully saturated rings. The summed E-state index contributed by atoms with van der Waals surface area (Å²) in [6.45, 7) is 1.02. The first-order chi connectivity index (χ1) is 8.42. The quantitative estimate of drug-likeness (QED) is 0.232. The van der Waals surface area contributed by atoms with Crippen molar-refractivity contribution in [3.8, 4) is 0 Å². The van der Waals surface area contributed by atoms with Gasteiger partial charge in [-0.25, -0.2) is 0 Å². The second-order valence-corrected chi connectivity index (χ2v) is 4.34. The van der Waals surface area contributed by atoms with E-state index in [0.717, 1.165) is 0 Å². The summed E-state index contributed by atoms with van der Waals surface area (Å²) in [6, 6.07) is 0. The molecule has 0 saturated heterocycles. The van der Waals surface area contributed by atoms with Gasteiger partial charge in [0.15, 0.2) is 0 Å². The average molecular weight is 262 g/mol. The van der Waals surface area contributed by atoms with Gasteiger partial charge in [-0.2, -0.15) is 0 Å². The lowest BCUT2D eigenvalue weighted by atomic mass is 9.81.